The molecule has 0 aliphatic carbocycles. The highest BCUT2D eigenvalue weighted by molar-refractivity contribution is 8.00. The van der Waals surface area contributed by atoms with E-state index in [1.165, 1.54) is 17.3 Å². The maximum absolute atomic E-state index is 13.1. The number of thioether (sulfide) groups is 1. The summed E-state index contributed by atoms with van der Waals surface area (Å²) in [6.45, 7) is 7.25. The van der Waals surface area contributed by atoms with Gasteiger partial charge in [-0.3, -0.25) is 9.59 Å². The van der Waals surface area contributed by atoms with Crippen molar-refractivity contribution < 1.29 is 9.59 Å². The molecule has 0 spiro atoms. The Bertz CT molecular complexity index is 750. The maximum Gasteiger partial charge on any atom is 0.242 e. The lowest BCUT2D eigenvalue weighted by atomic mass is 10.1. The molecule has 0 bridgehead atoms. The second-order valence-corrected chi connectivity index (χ2v) is 8.54. The Kier molecular flexibility index (Phi) is 9.78. The molecule has 5 heteroatoms. The van der Waals surface area contributed by atoms with Gasteiger partial charge in [-0.2, -0.15) is 0 Å². The van der Waals surface area contributed by atoms with Crippen LogP contribution >= 0.6 is 11.8 Å². The molecule has 0 saturated carbocycles. The summed E-state index contributed by atoms with van der Waals surface area (Å²) in [6, 6.07) is 19.5. The number of rotatable bonds is 11. The van der Waals surface area contributed by atoms with E-state index < -0.39 is 6.04 Å². The van der Waals surface area contributed by atoms with Gasteiger partial charge in [-0.1, -0.05) is 69.3 Å². The number of carbonyl (C=O) groups is 2. The molecule has 29 heavy (non-hydrogen) atoms. The monoisotopic (exact) mass is 412 g/mol. The van der Waals surface area contributed by atoms with Gasteiger partial charge in [0.25, 0.3) is 0 Å². The van der Waals surface area contributed by atoms with E-state index in [-0.39, 0.29) is 11.8 Å². The van der Waals surface area contributed by atoms with Crippen molar-refractivity contribution in [1.29, 1.82) is 0 Å². The van der Waals surface area contributed by atoms with E-state index in [2.05, 4.69) is 31.3 Å². The van der Waals surface area contributed by atoms with Crippen molar-refractivity contribution in [3.63, 3.8) is 0 Å². The lowest BCUT2D eigenvalue weighted by molar-refractivity contribution is -0.138. The lowest BCUT2D eigenvalue weighted by Crippen LogP contribution is -2.51. The summed E-state index contributed by atoms with van der Waals surface area (Å²) in [5, 5.41) is 3.00. The first kappa shape index (κ1) is 23.0. The molecule has 2 amide bonds. The van der Waals surface area contributed by atoms with Crippen LogP contribution in [0.15, 0.2) is 65.6 Å². The third kappa shape index (κ3) is 7.94. The molecule has 1 N–H and O–H groups in total. The largest absolute Gasteiger partial charge is 0.354 e. The molecule has 2 rings (SSSR count). The summed E-state index contributed by atoms with van der Waals surface area (Å²) >= 11 is 1.51. The SMILES string of the molecule is CC[C@@H](C(=O)NCC(C)C)N(CCc1ccccc1)C(=O)CSc1ccccc1. The van der Waals surface area contributed by atoms with Crippen molar-refractivity contribution in [3.05, 3.63) is 66.2 Å². The summed E-state index contributed by atoms with van der Waals surface area (Å²) in [5.74, 6) is 0.638. The third-order valence-electron chi connectivity index (χ3n) is 4.66. The molecule has 0 saturated heterocycles. The lowest BCUT2D eigenvalue weighted by Gasteiger charge is -2.31. The molecule has 0 heterocycles. The second-order valence-electron chi connectivity index (χ2n) is 7.49. The van der Waals surface area contributed by atoms with Crippen LogP contribution in [0.25, 0.3) is 0 Å². The number of hydrogen-bond acceptors (Lipinski definition) is 3. The van der Waals surface area contributed by atoms with Gasteiger partial charge in [-0.25, -0.2) is 0 Å². The minimum absolute atomic E-state index is 0.00123. The number of amides is 2. The maximum atomic E-state index is 13.1. The summed E-state index contributed by atoms with van der Waals surface area (Å²) in [7, 11) is 0. The quantitative estimate of drug-likeness (QED) is 0.557. The number of hydrogen-bond donors (Lipinski definition) is 1. The molecule has 156 valence electrons. The first-order valence-corrected chi connectivity index (χ1v) is 11.3. The van der Waals surface area contributed by atoms with E-state index in [1.807, 2.05) is 55.5 Å². The van der Waals surface area contributed by atoms with E-state index in [0.29, 0.717) is 31.2 Å². The number of nitrogens with zero attached hydrogens (tertiary/aromatic N) is 1. The van der Waals surface area contributed by atoms with Gasteiger partial charge in [0.15, 0.2) is 0 Å². The fraction of sp³-hybridized carbons (Fsp3) is 0.417. The van der Waals surface area contributed by atoms with Crippen LogP contribution in [0.2, 0.25) is 0 Å². The van der Waals surface area contributed by atoms with Crippen LogP contribution in [0.4, 0.5) is 0 Å². The Balaban J connectivity index is 2.09. The molecule has 2 aromatic rings. The van der Waals surface area contributed by atoms with E-state index >= 15 is 0 Å². The average molecular weight is 413 g/mol. The molecule has 0 radical (unpaired) electrons. The number of carbonyl (C=O) groups excluding carboxylic acids is 2. The standard InChI is InChI=1S/C24H32N2O2S/c1-4-22(24(28)25-17-19(2)3)26(16-15-20-11-7-5-8-12-20)23(27)18-29-21-13-9-6-10-14-21/h5-14,19,22H,4,15-18H2,1-3H3,(H,25,28)/t22-/m0/s1. The zero-order valence-electron chi connectivity index (χ0n) is 17.6. The fourth-order valence-corrected chi connectivity index (χ4v) is 3.87. The highest BCUT2D eigenvalue weighted by Gasteiger charge is 2.28. The zero-order chi connectivity index (χ0) is 21.1. The van der Waals surface area contributed by atoms with Crippen molar-refractivity contribution in [2.45, 2.75) is 44.6 Å². The predicted octanol–water partition coefficient (Wildman–Crippen LogP) is 4.40. The second kappa shape index (κ2) is 12.3. The minimum Gasteiger partial charge on any atom is -0.354 e. The molecular weight excluding hydrogens is 380 g/mol. The molecule has 1 atom stereocenters. The van der Waals surface area contributed by atoms with Gasteiger partial charge in [0.1, 0.15) is 6.04 Å². The van der Waals surface area contributed by atoms with Gasteiger partial charge in [-0.05, 0) is 36.5 Å². The third-order valence-corrected chi connectivity index (χ3v) is 5.66. The normalized spacial score (nSPS) is 11.9. The van der Waals surface area contributed by atoms with E-state index in [9.17, 15) is 9.59 Å². The van der Waals surface area contributed by atoms with E-state index in [0.717, 1.165) is 11.3 Å². The molecule has 2 aromatic carbocycles. The van der Waals surface area contributed by atoms with Crippen LogP contribution in [0, 0.1) is 5.92 Å². The van der Waals surface area contributed by atoms with Crippen LogP contribution in [-0.4, -0.2) is 41.6 Å². The molecule has 0 aliphatic heterocycles. The Hall–Kier alpha value is -2.27. The topological polar surface area (TPSA) is 49.4 Å². The van der Waals surface area contributed by atoms with Crippen molar-refractivity contribution in [3.8, 4) is 0 Å². The summed E-state index contributed by atoms with van der Waals surface area (Å²) in [6.07, 6.45) is 1.33. The molecule has 0 unspecified atom stereocenters. The molecule has 0 fully saturated rings. The van der Waals surface area contributed by atoms with Gasteiger partial charge in [0.05, 0.1) is 5.75 Å². The number of nitrogens with one attached hydrogen (secondary N) is 1. The van der Waals surface area contributed by atoms with E-state index in [4.69, 9.17) is 0 Å². The summed E-state index contributed by atoms with van der Waals surface area (Å²) in [5.41, 5.74) is 1.17. The Morgan fingerprint density at radius 1 is 1.00 bits per heavy atom. The molecule has 0 aliphatic rings. The first-order chi connectivity index (χ1) is 14.0. The Morgan fingerprint density at radius 2 is 1.62 bits per heavy atom. The first-order valence-electron chi connectivity index (χ1n) is 10.3. The highest BCUT2D eigenvalue weighted by Crippen LogP contribution is 2.19. The predicted molar refractivity (Wildman–Crippen MR) is 121 cm³/mol. The average Bonchev–Trinajstić information content (AvgIpc) is 2.74. The van der Waals surface area contributed by atoms with Crippen molar-refractivity contribution in [1.82, 2.24) is 10.2 Å². The molecule has 0 aromatic heterocycles. The van der Waals surface area contributed by atoms with Crippen LogP contribution in [0.1, 0.15) is 32.8 Å². The molecule has 4 nitrogen and oxygen atoms in total. The van der Waals surface area contributed by atoms with Crippen molar-refractivity contribution in [2.24, 2.45) is 5.92 Å². The van der Waals surface area contributed by atoms with Crippen LogP contribution in [0.5, 0.6) is 0 Å². The van der Waals surface area contributed by atoms with E-state index in [1.54, 1.807) is 4.90 Å². The van der Waals surface area contributed by atoms with Gasteiger partial charge in [0.2, 0.25) is 11.8 Å². The minimum atomic E-state index is -0.443. The van der Waals surface area contributed by atoms with Crippen LogP contribution < -0.4 is 5.32 Å². The van der Waals surface area contributed by atoms with Gasteiger partial charge >= 0.3 is 0 Å². The van der Waals surface area contributed by atoms with Gasteiger partial charge in [0, 0.05) is 18.0 Å². The molecular formula is C24H32N2O2S. The van der Waals surface area contributed by atoms with Crippen LogP contribution in [-0.2, 0) is 16.0 Å². The van der Waals surface area contributed by atoms with Gasteiger partial charge < -0.3 is 10.2 Å². The smallest absolute Gasteiger partial charge is 0.242 e. The highest BCUT2D eigenvalue weighted by atomic mass is 32.2. The van der Waals surface area contributed by atoms with Crippen LogP contribution in [0.3, 0.4) is 0 Å². The fourth-order valence-electron chi connectivity index (χ4n) is 3.06. The van der Waals surface area contributed by atoms with Gasteiger partial charge in [-0.15, -0.1) is 11.8 Å². The zero-order valence-corrected chi connectivity index (χ0v) is 18.5. The Labute approximate surface area is 179 Å². The summed E-state index contributed by atoms with van der Waals surface area (Å²) in [4.78, 5) is 28.7. The van der Waals surface area contributed by atoms with Crippen molar-refractivity contribution >= 4 is 23.6 Å². The number of benzene rings is 2. The van der Waals surface area contributed by atoms with Crippen molar-refractivity contribution in [2.75, 3.05) is 18.8 Å². The summed E-state index contributed by atoms with van der Waals surface area (Å²) < 4.78 is 0. The Morgan fingerprint density at radius 3 is 2.21 bits per heavy atom.